The molecule has 0 unspecified atom stereocenters. The Hall–Kier alpha value is -3.53. The van der Waals surface area contributed by atoms with Crippen molar-refractivity contribution in [1.82, 2.24) is 9.55 Å². The van der Waals surface area contributed by atoms with E-state index in [1.165, 1.54) is 6.07 Å². The number of benzene rings is 3. The van der Waals surface area contributed by atoms with E-state index in [1.54, 1.807) is 47.1 Å². The Balaban J connectivity index is 1.95. The van der Waals surface area contributed by atoms with Crippen LogP contribution in [0.4, 0.5) is 4.39 Å². The van der Waals surface area contributed by atoms with Crippen LogP contribution in [0.25, 0.3) is 28.7 Å². The van der Waals surface area contributed by atoms with E-state index in [-0.39, 0.29) is 11.4 Å². The molecule has 4 heteroatoms. The van der Waals surface area contributed by atoms with E-state index >= 15 is 0 Å². The minimum absolute atomic E-state index is 0.155. The molecule has 0 radical (unpaired) electrons. The zero-order chi connectivity index (χ0) is 18.8. The van der Waals surface area contributed by atoms with Crippen LogP contribution >= 0.6 is 0 Å². The van der Waals surface area contributed by atoms with E-state index in [0.29, 0.717) is 22.3 Å². The molecule has 0 aliphatic carbocycles. The topological polar surface area (TPSA) is 34.9 Å². The summed E-state index contributed by atoms with van der Waals surface area (Å²) in [5.74, 6) is 0.129. The first-order valence-corrected chi connectivity index (χ1v) is 8.65. The van der Waals surface area contributed by atoms with Crippen LogP contribution in [0.3, 0.4) is 0 Å². The second-order valence-corrected chi connectivity index (χ2v) is 6.32. The Kier molecular flexibility index (Phi) is 4.38. The number of halogens is 1. The van der Waals surface area contributed by atoms with Gasteiger partial charge in [0.2, 0.25) is 0 Å². The second kappa shape index (κ2) is 7.00. The summed E-state index contributed by atoms with van der Waals surface area (Å²) in [6, 6.07) is 21.4. The molecular weight excluding hydrogens is 339 g/mol. The van der Waals surface area contributed by atoms with Gasteiger partial charge in [-0.3, -0.25) is 9.36 Å². The largest absolute Gasteiger partial charge is 0.268 e. The Morgan fingerprint density at radius 3 is 2.37 bits per heavy atom. The first-order chi connectivity index (χ1) is 13.1. The molecular formula is C23H17FN2O. The van der Waals surface area contributed by atoms with Gasteiger partial charge in [0.25, 0.3) is 5.56 Å². The number of aryl methyl sites for hydroxylation is 1. The quantitative estimate of drug-likeness (QED) is 0.517. The van der Waals surface area contributed by atoms with E-state index in [1.807, 2.05) is 43.3 Å². The molecule has 132 valence electrons. The number of nitrogens with zero attached hydrogens (tertiary/aromatic N) is 2. The fourth-order valence-corrected chi connectivity index (χ4v) is 2.98. The zero-order valence-electron chi connectivity index (χ0n) is 14.8. The number of hydrogen-bond acceptors (Lipinski definition) is 2. The smallest absolute Gasteiger partial charge is 0.266 e. The molecule has 0 fully saturated rings. The van der Waals surface area contributed by atoms with Crippen LogP contribution < -0.4 is 5.56 Å². The lowest BCUT2D eigenvalue weighted by atomic mass is 10.2. The summed E-state index contributed by atoms with van der Waals surface area (Å²) in [4.78, 5) is 17.8. The van der Waals surface area contributed by atoms with Gasteiger partial charge in [-0.1, -0.05) is 48.0 Å². The third-order valence-corrected chi connectivity index (χ3v) is 4.41. The molecule has 1 aromatic heterocycles. The molecule has 3 nitrogen and oxygen atoms in total. The van der Waals surface area contributed by atoms with Crippen molar-refractivity contribution in [1.29, 1.82) is 0 Å². The minimum Gasteiger partial charge on any atom is -0.268 e. The molecule has 0 N–H and O–H groups in total. The van der Waals surface area contributed by atoms with E-state index in [2.05, 4.69) is 4.98 Å². The van der Waals surface area contributed by atoms with Crippen LogP contribution in [0.1, 0.15) is 17.0 Å². The Labute approximate surface area is 156 Å². The molecule has 0 saturated heterocycles. The van der Waals surface area contributed by atoms with Gasteiger partial charge in [-0.2, -0.15) is 0 Å². The predicted molar refractivity (Wildman–Crippen MR) is 107 cm³/mol. The average Bonchev–Trinajstić information content (AvgIpc) is 2.69. The number of aromatic nitrogens is 2. The average molecular weight is 356 g/mol. The molecule has 27 heavy (non-hydrogen) atoms. The fraction of sp³-hybridized carbons (Fsp3) is 0.0435. The van der Waals surface area contributed by atoms with Gasteiger partial charge >= 0.3 is 0 Å². The van der Waals surface area contributed by atoms with Crippen LogP contribution in [0.15, 0.2) is 77.6 Å². The van der Waals surface area contributed by atoms with Gasteiger partial charge in [-0.25, -0.2) is 9.37 Å². The van der Waals surface area contributed by atoms with E-state index in [0.717, 1.165) is 11.3 Å². The van der Waals surface area contributed by atoms with Crippen LogP contribution in [0.2, 0.25) is 0 Å². The van der Waals surface area contributed by atoms with Gasteiger partial charge in [-0.05, 0) is 49.4 Å². The molecule has 3 aromatic carbocycles. The fourth-order valence-electron chi connectivity index (χ4n) is 2.98. The first-order valence-electron chi connectivity index (χ1n) is 8.65. The van der Waals surface area contributed by atoms with Crippen molar-refractivity contribution < 1.29 is 4.39 Å². The van der Waals surface area contributed by atoms with Gasteiger partial charge in [-0.15, -0.1) is 0 Å². The van der Waals surface area contributed by atoms with Crippen LogP contribution in [0.5, 0.6) is 0 Å². The van der Waals surface area contributed by atoms with Crippen molar-refractivity contribution in [3.63, 3.8) is 0 Å². The molecule has 0 spiro atoms. The van der Waals surface area contributed by atoms with Gasteiger partial charge in [0.05, 0.1) is 16.6 Å². The molecule has 0 aliphatic rings. The lowest BCUT2D eigenvalue weighted by Gasteiger charge is -2.11. The highest BCUT2D eigenvalue weighted by Gasteiger charge is 2.11. The van der Waals surface area contributed by atoms with E-state index in [4.69, 9.17) is 0 Å². The molecule has 4 aromatic rings. The monoisotopic (exact) mass is 356 g/mol. The maximum absolute atomic E-state index is 14.0. The standard InChI is InChI=1S/C23H17FN2O/c1-16-10-13-18(14-11-16)26-22(15-12-17-6-2-4-8-20(17)24)25-21-9-5-3-7-19(21)23(26)27/h2-15H,1H3. The van der Waals surface area contributed by atoms with Gasteiger partial charge < -0.3 is 0 Å². The molecule has 0 atom stereocenters. The summed E-state index contributed by atoms with van der Waals surface area (Å²) in [7, 11) is 0. The molecule has 4 rings (SSSR count). The summed E-state index contributed by atoms with van der Waals surface area (Å²) in [5.41, 5.74) is 2.72. The summed E-state index contributed by atoms with van der Waals surface area (Å²) in [5, 5.41) is 0.543. The molecule has 0 bridgehead atoms. The molecule has 0 aliphatic heterocycles. The third-order valence-electron chi connectivity index (χ3n) is 4.41. The lowest BCUT2D eigenvalue weighted by molar-refractivity contribution is 0.625. The van der Waals surface area contributed by atoms with Crippen molar-refractivity contribution in [3.8, 4) is 5.69 Å². The van der Waals surface area contributed by atoms with Crippen LogP contribution in [-0.2, 0) is 0 Å². The van der Waals surface area contributed by atoms with Gasteiger partial charge in [0, 0.05) is 5.56 Å². The highest BCUT2D eigenvalue weighted by molar-refractivity contribution is 5.80. The second-order valence-electron chi connectivity index (χ2n) is 6.32. The zero-order valence-corrected chi connectivity index (χ0v) is 14.8. The summed E-state index contributed by atoms with van der Waals surface area (Å²) in [6.45, 7) is 1.99. The minimum atomic E-state index is -0.321. The number of fused-ring (bicyclic) bond motifs is 1. The third kappa shape index (κ3) is 3.29. The summed E-state index contributed by atoms with van der Waals surface area (Å²) < 4.78 is 15.5. The first kappa shape index (κ1) is 16.9. The maximum Gasteiger partial charge on any atom is 0.266 e. The van der Waals surface area contributed by atoms with Crippen LogP contribution in [0, 0.1) is 12.7 Å². The normalized spacial score (nSPS) is 11.3. The number of hydrogen-bond donors (Lipinski definition) is 0. The van der Waals surface area contributed by atoms with Crippen molar-refractivity contribution in [2.45, 2.75) is 6.92 Å². The van der Waals surface area contributed by atoms with Gasteiger partial charge in [0.1, 0.15) is 11.6 Å². The number of rotatable bonds is 3. The predicted octanol–water partition coefficient (Wildman–Crippen LogP) is 5.00. The van der Waals surface area contributed by atoms with Crippen LogP contribution in [-0.4, -0.2) is 9.55 Å². The van der Waals surface area contributed by atoms with Crippen molar-refractivity contribution >= 4 is 23.1 Å². The summed E-state index contributed by atoms with van der Waals surface area (Å²) in [6.07, 6.45) is 3.31. The van der Waals surface area contributed by atoms with E-state index in [9.17, 15) is 9.18 Å². The molecule has 1 heterocycles. The highest BCUT2D eigenvalue weighted by atomic mass is 19.1. The SMILES string of the molecule is Cc1ccc(-n2c(C=Cc3ccccc3F)nc3ccccc3c2=O)cc1. The molecule has 0 saturated carbocycles. The Bertz CT molecular complexity index is 1210. The molecule has 0 amide bonds. The van der Waals surface area contributed by atoms with Crippen molar-refractivity contribution in [2.24, 2.45) is 0 Å². The van der Waals surface area contributed by atoms with Gasteiger partial charge in [0.15, 0.2) is 0 Å². The van der Waals surface area contributed by atoms with Crippen molar-refractivity contribution in [3.05, 3.63) is 106 Å². The number of para-hydroxylation sites is 1. The van der Waals surface area contributed by atoms with E-state index < -0.39 is 0 Å². The maximum atomic E-state index is 14.0. The summed E-state index contributed by atoms with van der Waals surface area (Å²) >= 11 is 0. The lowest BCUT2D eigenvalue weighted by Crippen LogP contribution is -2.22. The Morgan fingerprint density at radius 2 is 1.59 bits per heavy atom. The highest BCUT2D eigenvalue weighted by Crippen LogP contribution is 2.17. The van der Waals surface area contributed by atoms with Crippen molar-refractivity contribution in [2.75, 3.05) is 0 Å². The Morgan fingerprint density at radius 1 is 0.889 bits per heavy atom.